The number of benzene rings is 1. The van der Waals surface area contributed by atoms with Gasteiger partial charge in [-0.05, 0) is 61.5 Å². The van der Waals surface area contributed by atoms with Gasteiger partial charge >= 0.3 is 0 Å². The first kappa shape index (κ1) is 19.0. The van der Waals surface area contributed by atoms with Gasteiger partial charge < -0.3 is 14.6 Å². The molecule has 2 atom stereocenters. The van der Waals surface area contributed by atoms with Crippen LogP contribution in [0, 0.1) is 6.92 Å². The Balaban J connectivity index is 1.72. The van der Waals surface area contributed by atoms with E-state index in [-0.39, 0.29) is 12.1 Å². The Labute approximate surface area is 175 Å². The van der Waals surface area contributed by atoms with Gasteiger partial charge in [-0.25, -0.2) is 0 Å². The normalized spacial score (nSPS) is 19.1. The van der Waals surface area contributed by atoms with Crippen molar-refractivity contribution in [3.63, 3.8) is 0 Å². The number of hydrogen-bond donors (Lipinski definition) is 1. The first-order valence-corrected chi connectivity index (χ1v) is 10.2. The lowest BCUT2D eigenvalue weighted by Crippen LogP contribution is -2.30. The minimum atomic E-state index is -0.0548. The second-order valence-electron chi connectivity index (χ2n) is 6.99. The molecule has 28 heavy (non-hydrogen) atoms. The Morgan fingerprint density at radius 3 is 2.79 bits per heavy atom. The number of aromatic nitrogens is 1. The van der Waals surface area contributed by atoms with Gasteiger partial charge in [-0.3, -0.25) is 4.98 Å². The molecule has 1 N–H and O–H groups in total. The number of rotatable bonds is 5. The quantitative estimate of drug-likeness (QED) is 0.546. The van der Waals surface area contributed by atoms with Crippen LogP contribution in [0.4, 0.5) is 0 Å². The van der Waals surface area contributed by atoms with Gasteiger partial charge in [-0.1, -0.05) is 36.7 Å². The maximum absolute atomic E-state index is 6.30. The van der Waals surface area contributed by atoms with E-state index in [1.165, 1.54) is 0 Å². The van der Waals surface area contributed by atoms with Crippen LogP contribution in [0.15, 0.2) is 59.1 Å². The van der Waals surface area contributed by atoms with Crippen LogP contribution in [0.5, 0.6) is 0 Å². The fourth-order valence-electron chi connectivity index (χ4n) is 3.61. The molecular formula is C22H22ClN3OS. The monoisotopic (exact) mass is 411 g/mol. The van der Waals surface area contributed by atoms with Crippen LogP contribution < -0.4 is 5.32 Å². The molecule has 3 aromatic rings. The van der Waals surface area contributed by atoms with Crippen molar-refractivity contribution in [3.8, 4) is 11.3 Å². The molecule has 0 unspecified atom stereocenters. The number of nitrogens with zero attached hydrogens (tertiary/aromatic N) is 2. The predicted molar refractivity (Wildman–Crippen MR) is 116 cm³/mol. The fraction of sp³-hybridized carbons (Fsp3) is 0.273. The molecule has 0 spiro atoms. The lowest BCUT2D eigenvalue weighted by Gasteiger charge is -2.25. The lowest BCUT2D eigenvalue weighted by atomic mass is 10.0. The van der Waals surface area contributed by atoms with Gasteiger partial charge in [-0.15, -0.1) is 0 Å². The average Bonchev–Trinajstić information content (AvgIpc) is 3.30. The zero-order valence-electron chi connectivity index (χ0n) is 15.9. The van der Waals surface area contributed by atoms with Crippen molar-refractivity contribution in [2.24, 2.45) is 0 Å². The van der Waals surface area contributed by atoms with Crippen LogP contribution in [0.25, 0.3) is 11.3 Å². The molecule has 0 bridgehead atoms. The summed E-state index contributed by atoms with van der Waals surface area (Å²) in [6.07, 6.45) is 2.80. The van der Waals surface area contributed by atoms with Crippen molar-refractivity contribution in [3.05, 3.63) is 76.8 Å². The zero-order chi connectivity index (χ0) is 19.7. The van der Waals surface area contributed by atoms with Crippen molar-refractivity contribution < 1.29 is 4.42 Å². The molecule has 4 nitrogen and oxygen atoms in total. The summed E-state index contributed by atoms with van der Waals surface area (Å²) < 4.78 is 6.30. The van der Waals surface area contributed by atoms with Crippen LogP contribution in [0.3, 0.4) is 0 Å². The van der Waals surface area contributed by atoms with Gasteiger partial charge in [0.05, 0.1) is 11.7 Å². The van der Waals surface area contributed by atoms with Crippen molar-refractivity contribution in [1.29, 1.82) is 0 Å². The molecular weight excluding hydrogens is 390 g/mol. The van der Waals surface area contributed by atoms with Gasteiger partial charge in [0, 0.05) is 23.3 Å². The molecule has 3 heterocycles. The first-order valence-electron chi connectivity index (χ1n) is 9.43. The molecule has 1 fully saturated rings. The van der Waals surface area contributed by atoms with Crippen molar-refractivity contribution in [1.82, 2.24) is 15.2 Å². The molecule has 144 valence electrons. The topological polar surface area (TPSA) is 41.3 Å². The van der Waals surface area contributed by atoms with Gasteiger partial charge in [0.2, 0.25) is 0 Å². The first-order chi connectivity index (χ1) is 13.6. The van der Waals surface area contributed by atoms with Gasteiger partial charge in [0.25, 0.3) is 0 Å². The summed E-state index contributed by atoms with van der Waals surface area (Å²) in [5.74, 6) is 1.66. The highest BCUT2D eigenvalue weighted by Gasteiger charge is 2.41. The van der Waals surface area contributed by atoms with E-state index < -0.39 is 0 Å². The third-order valence-corrected chi connectivity index (χ3v) is 5.80. The van der Waals surface area contributed by atoms with Crippen molar-refractivity contribution in [2.75, 3.05) is 6.54 Å². The summed E-state index contributed by atoms with van der Waals surface area (Å²) in [5, 5.41) is 4.90. The highest BCUT2D eigenvalue weighted by molar-refractivity contribution is 7.80. The second kappa shape index (κ2) is 7.94. The zero-order valence-corrected chi connectivity index (χ0v) is 17.4. The number of aryl methyl sites for hydroxylation is 1. The molecule has 2 aromatic heterocycles. The Morgan fingerprint density at radius 1 is 1.21 bits per heavy atom. The van der Waals surface area contributed by atoms with Crippen LogP contribution in [-0.4, -0.2) is 21.5 Å². The number of furan rings is 1. The molecule has 0 radical (unpaired) electrons. The minimum absolute atomic E-state index is 0.0444. The highest BCUT2D eigenvalue weighted by Crippen LogP contribution is 2.40. The second-order valence-corrected chi connectivity index (χ2v) is 7.78. The van der Waals surface area contributed by atoms with Crippen LogP contribution in [0.1, 0.15) is 42.4 Å². The predicted octanol–water partition coefficient (Wildman–Crippen LogP) is 5.69. The van der Waals surface area contributed by atoms with Crippen LogP contribution >= 0.6 is 23.8 Å². The van der Waals surface area contributed by atoms with E-state index >= 15 is 0 Å². The average molecular weight is 412 g/mol. The van der Waals surface area contributed by atoms with Crippen molar-refractivity contribution in [2.45, 2.75) is 32.4 Å². The van der Waals surface area contributed by atoms with Gasteiger partial charge in [-0.2, -0.15) is 0 Å². The Morgan fingerprint density at radius 2 is 2.07 bits per heavy atom. The third kappa shape index (κ3) is 3.52. The molecule has 0 amide bonds. The van der Waals surface area contributed by atoms with E-state index in [2.05, 4.69) is 22.1 Å². The summed E-state index contributed by atoms with van der Waals surface area (Å²) in [5.41, 5.74) is 2.96. The molecule has 0 aliphatic carbocycles. The van der Waals surface area contributed by atoms with Crippen LogP contribution in [0.2, 0.25) is 5.02 Å². The number of pyridine rings is 1. The van der Waals surface area contributed by atoms with Gasteiger partial charge in [0.1, 0.15) is 17.6 Å². The summed E-state index contributed by atoms with van der Waals surface area (Å²) in [6, 6.07) is 15.8. The van der Waals surface area contributed by atoms with Gasteiger partial charge in [0.15, 0.2) is 5.11 Å². The molecule has 4 rings (SSSR count). The Hall–Kier alpha value is -2.37. The lowest BCUT2D eigenvalue weighted by molar-refractivity contribution is 0.275. The summed E-state index contributed by atoms with van der Waals surface area (Å²) in [7, 11) is 0. The highest BCUT2D eigenvalue weighted by atomic mass is 35.5. The molecule has 0 saturated carbocycles. The number of nitrogens with one attached hydrogen (secondary N) is 1. The van der Waals surface area contributed by atoms with Crippen molar-refractivity contribution >= 4 is 28.9 Å². The standard InChI is InChI=1S/C22H22ClN3OS/c1-3-12-26-21(20(25-22(26)28)17-6-4-5-11-24-17)19-10-9-18(27-19)15-8-7-14(2)16(23)13-15/h4-11,13,20-21H,3,12H2,1-2H3,(H,25,28)/t20-,21+/m1/s1. The largest absolute Gasteiger partial charge is 0.459 e. The van der Waals surface area contributed by atoms with E-state index in [9.17, 15) is 0 Å². The molecule has 1 aliphatic rings. The number of hydrogen-bond acceptors (Lipinski definition) is 3. The molecule has 6 heteroatoms. The van der Waals surface area contributed by atoms with Crippen LogP contribution in [-0.2, 0) is 0 Å². The summed E-state index contributed by atoms with van der Waals surface area (Å²) in [4.78, 5) is 6.74. The molecule has 1 aliphatic heterocycles. The minimum Gasteiger partial charge on any atom is -0.459 e. The number of halogens is 1. The maximum Gasteiger partial charge on any atom is 0.170 e. The SMILES string of the molecule is CCCN1C(=S)N[C@H](c2ccccn2)[C@@H]1c1ccc(-c2ccc(C)c(Cl)c2)o1. The van der Waals surface area contributed by atoms with E-state index in [1.54, 1.807) is 0 Å². The molecule has 1 aromatic carbocycles. The Kier molecular flexibility index (Phi) is 5.38. The van der Waals surface area contributed by atoms with E-state index in [0.29, 0.717) is 0 Å². The Bertz CT molecular complexity index is 988. The fourth-order valence-corrected chi connectivity index (χ4v) is 4.12. The molecule has 1 saturated heterocycles. The van der Waals surface area contributed by atoms with E-state index in [1.807, 2.05) is 61.7 Å². The third-order valence-electron chi connectivity index (χ3n) is 5.04. The van der Waals surface area contributed by atoms with E-state index in [0.717, 1.165) is 51.4 Å². The summed E-state index contributed by atoms with van der Waals surface area (Å²) >= 11 is 11.9. The number of thiocarbonyl (C=S) groups is 1. The summed E-state index contributed by atoms with van der Waals surface area (Å²) in [6.45, 7) is 4.99. The maximum atomic E-state index is 6.30. The van der Waals surface area contributed by atoms with E-state index in [4.69, 9.17) is 28.2 Å². The smallest absolute Gasteiger partial charge is 0.170 e.